The van der Waals surface area contributed by atoms with E-state index >= 15 is 0 Å². The van der Waals surface area contributed by atoms with Crippen molar-refractivity contribution >= 4 is 11.7 Å². The zero-order valence-corrected chi connectivity index (χ0v) is 10.7. The van der Waals surface area contributed by atoms with Gasteiger partial charge < -0.3 is 10.8 Å². The zero-order valence-electron chi connectivity index (χ0n) is 10.7. The van der Waals surface area contributed by atoms with Crippen LogP contribution >= 0.6 is 0 Å². The van der Waals surface area contributed by atoms with Crippen LogP contribution in [-0.2, 0) is 11.2 Å². The molecule has 2 aromatic carbocycles. The molecule has 0 aromatic heterocycles. The number of carboxylic acids is 1. The highest BCUT2D eigenvalue weighted by molar-refractivity contribution is 5.80. The van der Waals surface area contributed by atoms with Crippen molar-refractivity contribution in [3.05, 3.63) is 53.1 Å². The standard InChI is InChI=1S/C16H15NO2/c1-9(16(18)19)10-2-4-14-11(6-10)7-12-8-13(17)3-5-15(12)14/h2-6,8-9H,7,17H2,1H3,(H,18,19). The van der Waals surface area contributed by atoms with Crippen LogP contribution in [0.3, 0.4) is 0 Å². The summed E-state index contributed by atoms with van der Waals surface area (Å²) >= 11 is 0. The van der Waals surface area contributed by atoms with E-state index in [1.165, 1.54) is 22.3 Å². The molecule has 0 fully saturated rings. The third-order valence-electron chi connectivity index (χ3n) is 3.80. The van der Waals surface area contributed by atoms with E-state index in [2.05, 4.69) is 0 Å². The number of nitrogens with two attached hydrogens (primary N) is 1. The monoisotopic (exact) mass is 253 g/mol. The van der Waals surface area contributed by atoms with E-state index in [1.807, 2.05) is 36.4 Å². The maximum Gasteiger partial charge on any atom is 0.310 e. The predicted octanol–water partition coefficient (Wildman–Crippen LogP) is 3.03. The van der Waals surface area contributed by atoms with E-state index in [-0.39, 0.29) is 0 Å². The quantitative estimate of drug-likeness (QED) is 0.690. The minimum Gasteiger partial charge on any atom is -0.481 e. The molecule has 3 rings (SSSR count). The highest BCUT2D eigenvalue weighted by Crippen LogP contribution is 2.38. The van der Waals surface area contributed by atoms with Gasteiger partial charge in [-0.15, -0.1) is 0 Å². The Bertz CT molecular complexity index is 676. The lowest BCUT2D eigenvalue weighted by atomic mass is 9.96. The second-order valence-corrected chi connectivity index (χ2v) is 5.07. The third kappa shape index (κ3) is 1.87. The molecule has 0 amide bonds. The first-order chi connectivity index (χ1) is 9.06. The summed E-state index contributed by atoms with van der Waals surface area (Å²) in [6.07, 6.45) is 0.829. The van der Waals surface area contributed by atoms with Crippen LogP contribution in [0.2, 0.25) is 0 Å². The number of anilines is 1. The summed E-state index contributed by atoms with van der Waals surface area (Å²) in [6.45, 7) is 1.71. The molecular formula is C16H15NO2. The van der Waals surface area contributed by atoms with Crippen molar-refractivity contribution in [1.29, 1.82) is 0 Å². The molecule has 3 nitrogen and oxygen atoms in total. The molecule has 1 aliphatic carbocycles. The molecule has 0 heterocycles. The van der Waals surface area contributed by atoms with Gasteiger partial charge in [-0.25, -0.2) is 0 Å². The molecule has 0 saturated heterocycles. The average Bonchev–Trinajstić information content (AvgIpc) is 2.73. The molecule has 3 N–H and O–H groups in total. The van der Waals surface area contributed by atoms with Gasteiger partial charge in [0, 0.05) is 5.69 Å². The van der Waals surface area contributed by atoms with E-state index in [9.17, 15) is 4.79 Å². The first-order valence-electron chi connectivity index (χ1n) is 6.30. The van der Waals surface area contributed by atoms with Gasteiger partial charge in [-0.3, -0.25) is 4.79 Å². The van der Waals surface area contributed by atoms with Crippen LogP contribution < -0.4 is 5.73 Å². The molecular weight excluding hydrogens is 238 g/mol. The Labute approximate surface area is 111 Å². The van der Waals surface area contributed by atoms with E-state index in [1.54, 1.807) is 6.92 Å². The van der Waals surface area contributed by atoms with Crippen molar-refractivity contribution in [3.8, 4) is 11.1 Å². The minimum atomic E-state index is -0.792. The maximum atomic E-state index is 11.0. The van der Waals surface area contributed by atoms with Crippen LogP contribution in [0.25, 0.3) is 11.1 Å². The number of hydrogen-bond donors (Lipinski definition) is 2. The second-order valence-electron chi connectivity index (χ2n) is 5.07. The Hall–Kier alpha value is -2.29. The molecule has 0 spiro atoms. The summed E-state index contributed by atoms with van der Waals surface area (Å²) < 4.78 is 0. The van der Waals surface area contributed by atoms with Gasteiger partial charge in [-0.05, 0) is 53.3 Å². The topological polar surface area (TPSA) is 63.3 Å². The summed E-state index contributed by atoms with van der Waals surface area (Å²) in [5, 5.41) is 9.08. The van der Waals surface area contributed by atoms with Crippen LogP contribution in [0.5, 0.6) is 0 Å². The Morgan fingerprint density at radius 2 is 1.79 bits per heavy atom. The Morgan fingerprint density at radius 1 is 1.16 bits per heavy atom. The van der Waals surface area contributed by atoms with Gasteiger partial charge in [0.05, 0.1) is 5.92 Å². The number of carbonyl (C=O) groups is 1. The van der Waals surface area contributed by atoms with Gasteiger partial charge in [0.25, 0.3) is 0 Å². The zero-order chi connectivity index (χ0) is 13.6. The van der Waals surface area contributed by atoms with E-state index < -0.39 is 11.9 Å². The molecule has 0 radical (unpaired) electrons. The fraction of sp³-hybridized carbons (Fsp3) is 0.188. The van der Waals surface area contributed by atoms with Gasteiger partial charge in [0.2, 0.25) is 0 Å². The lowest BCUT2D eigenvalue weighted by Gasteiger charge is -2.09. The first kappa shape index (κ1) is 11.8. The van der Waals surface area contributed by atoms with Crippen LogP contribution in [0.4, 0.5) is 5.69 Å². The van der Waals surface area contributed by atoms with Crippen LogP contribution in [-0.4, -0.2) is 11.1 Å². The van der Waals surface area contributed by atoms with Gasteiger partial charge >= 0.3 is 5.97 Å². The van der Waals surface area contributed by atoms with Crippen molar-refractivity contribution < 1.29 is 9.90 Å². The number of hydrogen-bond acceptors (Lipinski definition) is 2. The summed E-state index contributed by atoms with van der Waals surface area (Å²) in [6, 6.07) is 11.9. The van der Waals surface area contributed by atoms with Crippen LogP contribution in [0, 0.1) is 0 Å². The SMILES string of the molecule is CC(C(=O)O)c1ccc2c(c1)Cc1cc(N)ccc1-2. The maximum absolute atomic E-state index is 11.0. The van der Waals surface area contributed by atoms with Crippen LogP contribution in [0.1, 0.15) is 29.5 Å². The second kappa shape index (κ2) is 4.12. The molecule has 19 heavy (non-hydrogen) atoms. The first-order valence-corrected chi connectivity index (χ1v) is 6.30. The Morgan fingerprint density at radius 3 is 2.47 bits per heavy atom. The molecule has 1 aliphatic rings. The number of rotatable bonds is 2. The number of carboxylic acid groups (broad SMARTS) is 1. The van der Waals surface area contributed by atoms with E-state index in [0.29, 0.717) is 0 Å². The molecule has 2 aromatic rings. The van der Waals surface area contributed by atoms with Crippen LogP contribution in [0.15, 0.2) is 36.4 Å². The van der Waals surface area contributed by atoms with E-state index in [0.717, 1.165) is 17.7 Å². The van der Waals surface area contributed by atoms with Gasteiger partial charge in [-0.2, -0.15) is 0 Å². The fourth-order valence-electron chi connectivity index (χ4n) is 2.66. The highest BCUT2D eigenvalue weighted by atomic mass is 16.4. The Balaban J connectivity index is 2.05. The van der Waals surface area contributed by atoms with Crippen molar-refractivity contribution in [2.75, 3.05) is 5.73 Å². The lowest BCUT2D eigenvalue weighted by Crippen LogP contribution is -2.07. The molecule has 96 valence electrons. The summed E-state index contributed by atoms with van der Waals surface area (Å²) in [4.78, 5) is 11.0. The normalized spacial score (nSPS) is 13.7. The molecule has 3 heteroatoms. The summed E-state index contributed by atoms with van der Waals surface area (Å²) in [5.41, 5.74) is 12.2. The number of fused-ring (bicyclic) bond motifs is 3. The fourth-order valence-corrected chi connectivity index (χ4v) is 2.66. The minimum absolute atomic E-state index is 0.473. The van der Waals surface area contributed by atoms with Crippen molar-refractivity contribution in [3.63, 3.8) is 0 Å². The molecule has 1 atom stereocenters. The highest BCUT2D eigenvalue weighted by Gasteiger charge is 2.21. The van der Waals surface area contributed by atoms with Gasteiger partial charge in [-0.1, -0.05) is 24.3 Å². The van der Waals surface area contributed by atoms with Crippen molar-refractivity contribution in [2.24, 2.45) is 0 Å². The van der Waals surface area contributed by atoms with Crippen molar-refractivity contribution in [1.82, 2.24) is 0 Å². The largest absolute Gasteiger partial charge is 0.481 e. The number of aliphatic carboxylic acids is 1. The molecule has 0 bridgehead atoms. The summed E-state index contributed by atoms with van der Waals surface area (Å²) in [7, 11) is 0. The lowest BCUT2D eigenvalue weighted by molar-refractivity contribution is -0.138. The number of nitrogen functional groups attached to an aromatic ring is 1. The predicted molar refractivity (Wildman–Crippen MR) is 75.1 cm³/mol. The van der Waals surface area contributed by atoms with Crippen molar-refractivity contribution in [2.45, 2.75) is 19.3 Å². The van der Waals surface area contributed by atoms with Gasteiger partial charge in [0.15, 0.2) is 0 Å². The Kier molecular flexibility index (Phi) is 2.56. The van der Waals surface area contributed by atoms with Gasteiger partial charge in [0.1, 0.15) is 0 Å². The number of benzene rings is 2. The molecule has 0 aliphatic heterocycles. The molecule has 1 unspecified atom stereocenters. The van der Waals surface area contributed by atoms with E-state index in [4.69, 9.17) is 10.8 Å². The third-order valence-corrected chi connectivity index (χ3v) is 3.80. The molecule has 0 saturated carbocycles. The smallest absolute Gasteiger partial charge is 0.310 e. The summed E-state index contributed by atoms with van der Waals surface area (Å²) in [5.74, 6) is -1.27. The average molecular weight is 253 g/mol.